The quantitative estimate of drug-likeness (QED) is 0.554. The van der Waals surface area contributed by atoms with E-state index in [1.165, 1.54) is 17.6 Å². The maximum Gasteiger partial charge on any atom is 0.279 e. The summed E-state index contributed by atoms with van der Waals surface area (Å²) >= 11 is 1.27. The lowest BCUT2D eigenvalue weighted by Gasteiger charge is -2.09. The van der Waals surface area contributed by atoms with Crippen molar-refractivity contribution in [1.29, 1.82) is 0 Å². The van der Waals surface area contributed by atoms with E-state index in [-0.39, 0.29) is 16.9 Å². The van der Waals surface area contributed by atoms with Gasteiger partial charge in [-0.25, -0.2) is 8.42 Å². The van der Waals surface area contributed by atoms with E-state index in [0.29, 0.717) is 29.3 Å². The average Bonchev–Trinajstić information content (AvgIpc) is 3.01. The number of methoxy groups -OCH3 is 1. The second-order valence-electron chi connectivity index (χ2n) is 7.04. The van der Waals surface area contributed by atoms with Crippen LogP contribution in [-0.4, -0.2) is 45.0 Å². The first-order valence-electron chi connectivity index (χ1n) is 9.37. The van der Waals surface area contributed by atoms with Crippen LogP contribution in [-0.2, 0) is 21.1 Å². The number of carbonyl (C=O) groups is 1. The van der Waals surface area contributed by atoms with Crippen molar-refractivity contribution in [2.24, 2.45) is 4.99 Å². The van der Waals surface area contributed by atoms with E-state index >= 15 is 0 Å². The van der Waals surface area contributed by atoms with E-state index < -0.39 is 9.84 Å². The molecule has 0 atom stereocenters. The maximum atomic E-state index is 12.7. The number of ether oxygens (including phenoxy) is 2. The van der Waals surface area contributed by atoms with Crippen LogP contribution >= 0.6 is 11.3 Å². The van der Waals surface area contributed by atoms with Gasteiger partial charge in [0.25, 0.3) is 5.91 Å². The zero-order chi connectivity index (χ0) is 21.9. The fourth-order valence-corrected chi connectivity index (χ4v) is 4.68. The first kappa shape index (κ1) is 22.2. The van der Waals surface area contributed by atoms with E-state index in [1.54, 1.807) is 49.6 Å². The first-order valence-corrected chi connectivity index (χ1v) is 12.1. The third-order valence-electron chi connectivity index (χ3n) is 4.27. The van der Waals surface area contributed by atoms with Gasteiger partial charge in [-0.3, -0.25) is 4.79 Å². The number of hydrogen-bond donors (Lipinski definition) is 0. The van der Waals surface area contributed by atoms with Crippen LogP contribution < -0.4 is 9.54 Å². The zero-order valence-corrected chi connectivity index (χ0v) is 18.9. The Bertz CT molecular complexity index is 1220. The molecule has 0 aliphatic heterocycles. The van der Waals surface area contributed by atoms with Crippen molar-refractivity contribution in [3.63, 3.8) is 0 Å². The average molecular weight is 449 g/mol. The van der Waals surface area contributed by atoms with Gasteiger partial charge in [0.05, 0.1) is 27.8 Å². The van der Waals surface area contributed by atoms with E-state index in [2.05, 4.69) is 4.99 Å². The van der Waals surface area contributed by atoms with Gasteiger partial charge in [0.1, 0.15) is 5.75 Å². The molecule has 0 radical (unpaired) electrons. The molecule has 0 N–H and O–H groups in total. The molecule has 0 aliphatic carbocycles. The summed E-state index contributed by atoms with van der Waals surface area (Å²) in [6, 6.07) is 11.7. The van der Waals surface area contributed by atoms with Crippen LogP contribution in [0.5, 0.6) is 5.75 Å². The Labute approximate surface area is 179 Å². The minimum atomic E-state index is -3.33. The highest BCUT2D eigenvalue weighted by Crippen LogP contribution is 2.22. The van der Waals surface area contributed by atoms with Crippen molar-refractivity contribution in [2.75, 3.05) is 20.0 Å². The van der Waals surface area contributed by atoms with Gasteiger partial charge in [0.2, 0.25) is 0 Å². The van der Waals surface area contributed by atoms with Gasteiger partial charge in [0.15, 0.2) is 14.6 Å². The third-order valence-corrected chi connectivity index (χ3v) is 6.42. The van der Waals surface area contributed by atoms with Gasteiger partial charge < -0.3 is 14.0 Å². The predicted molar refractivity (Wildman–Crippen MR) is 117 cm³/mol. The molecule has 0 unspecified atom stereocenters. The summed E-state index contributed by atoms with van der Waals surface area (Å²) in [5.41, 5.74) is 1.25. The van der Waals surface area contributed by atoms with Gasteiger partial charge in [0, 0.05) is 25.5 Å². The molecule has 0 fully saturated rings. The molecule has 7 nitrogen and oxygen atoms in total. The number of fused-ring (bicyclic) bond motifs is 1. The molecule has 1 aromatic heterocycles. The Morgan fingerprint density at radius 3 is 2.47 bits per heavy atom. The number of hydrogen-bond acceptors (Lipinski definition) is 6. The van der Waals surface area contributed by atoms with Crippen molar-refractivity contribution >= 4 is 37.3 Å². The molecule has 1 heterocycles. The molecule has 160 valence electrons. The second-order valence-corrected chi connectivity index (χ2v) is 10.1. The molecule has 0 bridgehead atoms. The van der Waals surface area contributed by atoms with Crippen LogP contribution in [0.2, 0.25) is 0 Å². The minimum Gasteiger partial charge on any atom is -0.491 e. The number of carbonyl (C=O) groups excluding carboxylic acids is 1. The van der Waals surface area contributed by atoms with E-state index in [0.717, 1.165) is 10.2 Å². The zero-order valence-electron chi connectivity index (χ0n) is 17.3. The molecule has 1 amide bonds. The normalized spacial score (nSPS) is 12.6. The Morgan fingerprint density at radius 2 is 1.87 bits per heavy atom. The fourth-order valence-electron chi connectivity index (χ4n) is 2.87. The summed E-state index contributed by atoms with van der Waals surface area (Å²) in [7, 11) is -1.73. The largest absolute Gasteiger partial charge is 0.491 e. The lowest BCUT2D eigenvalue weighted by molar-refractivity contribution is 0.0997. The maximum absolute atomic E-state index is 12.7. The van der Waals surface area contributed by atoms with E-state index in [4.69, 9.17) is 9.47 Å². The number of aromatic nitrogens is 1. The van der Waals surface area contributed by atoms with Gasteiger partial charge in [-0.1, -0.05) is 11.3 Å². The standard InChI is InChI=1S/C21H24N2O5S2/c1-14(2)28-16-7-5-15(6-8-16)20(24)22-21-23(11-12-27-3)18-10-9-17(30(4,25)26)13-19(18)29-21/h5-10,13-14H,11-12H2,1-4H3. The van der Waals surface area contributed by atoms with Gasteiger partial charge in [-0.15, -0.1) is 0 Å². The summed E-state index contributed by atoms with van der Waals surface area (Å²) in [5, 5.41) is 0. The Balaban J connectivity index is 2.03. The minimum absolute atomic E-state index is 0.0476. The van der Waals surface area contributed by atoms with Crippen LogP contribution in [0.3, 0.4) is 0 Å². The monoisotopic (exact) mass is 448 g/mol. The van der Waals surface area contributed by atoms with Crippen molar-refractivity contribution in [3.8, 4) is 5.75 Å². The van der Waals surface area contributed by atoms with Crippen molar-refractivity contribution in [2.45, 2.75) is 31.4 Å². The Morgan fingerprint density at radius 1 is 1.17 bits per heavy atom. The van der Waals surface area contributed by atoms with Crippen molar-refractivity contribution < 1.29 is 22.7 Å². The van der Waals surface area contributed by atoms with Crippen LogP contribution in [0.15, 0.2) is 52.4 Å². The summed E-state index contributed by atoms with van der Waals surface area (Å²) in [6.45, 7) is 4.79. The lowest BCUT2D eigenvalue weighted by atomic mass is 10.2. The number of rotatable bonds is 7. The highest BCUT2D eigenvalue weighted by atomic mass is 32.2. The first-order chi connectivity index (χ1) is 14.2. The molecule has 0 saturated heterocycles. The van der Waals surface area contributed by atoms with Crippen LogP contribution in [0.25, 0.3) is 10.2 Å². The Hall–Kier alpha value is -2.49. The second kappa shape index (κ2) is 9.11. The smallest absolute Gasteiger partial charge is 0.279 e. The van der Waals surface area contributed by atoms with Crippen molar-refractivity contribution in [1.82, 2.24) is 4.57 Å². The van der Waals surface area contributed by atoms with Crippen LogP contribution in [0, 0.1) is 0 Å². The summed E-state index contributed by atoms with van der Waals surface area (Å²) in [4.78, 5) is 17.8. The molecule has 3 aromatic rings. The van der Waals surface area contributed by atoms with Gasteiger partial charge >= 0.3 is 0 Å². The molecule has 3 rings (SSSR count). The summed E-state index contributed by atoms with van der Waals surface area (Å²) < 4.78 is 37.2. The number of benzene rings is 2. The molecule has 0 aliphatic rings. The van der Waals surface area contributed by atoms with Crippen molar-refractivity contribution in [3.05, 3.63) is 52.8 Å². The van der Waals surface area contributed by atoms with Gasteiger partial charge in [-0.05, 0) is 56.3 Å². The molecular weight excluding hydrogens is 424 g/mol. The summed E-state index contributed by atoms with van der Waals surface area (Å²) in [6.07, 6.45) is 1.22. The SMILES string of the molecule is COCCn1c(=NC(=O)c2ccc(OC(C)C)cc2)sc2cc(S(C)(=O)=O)ccc21. The molecule has 0 saturated carbocycles. The van der Waals surface area contributed by atoms with Crippen LogP contribution in [0.1, 0.15) is 24.2 Å². The number of thiazole rings is 1. The number of amides is 1. The molecular formula is C21H24N2O5S2. The fraction of sp³-hybridized carbons (Fsp3) is 0.333. The topological polar surface area (TPSA) is 87.0 Å². The van der Waals surface area contributed by atoms with E-state index in [1.807, 2.05) is 18.4 Å². The molecule has 0 spiro atoms. The number of sulfone groups is 1. The molecule has 2 aromatic carbocycles. The highest BCUT2D eigenvalue weighted by Gasteiger charge is 2.13. The lowest BCUT2D eigenvalue weighted by Crippen LogP contribution is -2.19. The van der Waals surface area contributed by atoms with Gasteiger partial charge in [-0.2, -0.15) is 4.99 Å². The van der Waals surface area contributed by atoms with Crippen LogP contribution in [0.4, 0.5) is 0 Å². The number of nitrogens with zero attached hydrogens (tertiary/aromatic N) is 2. The Kier molecular flexibility index (Phi) is 6.74. The predicted octanol–water partition coefficient (Wildman–Crippen LogP) is 3.28. The molecule has 30 heavy (non-hydrogen) atoms. The summed E-state index contributed by atoms with van der Waals surface area (Å²) in [5.74, 6) is 0.305. The highest BCUT2D eigenvalue weighted by molar-refractivity contribution is 7.90. The third kappa shape index (κ3) is 5.16. The van der Waals surface area contributed by atoms with E-state index in [9.17, 15) is 13.2 Å². The molecule has 9 heteroatoms.